The molecule has 0 saturated heterocycles. The third kappa shape index (κ3) is 11.4. The van der Waals surface area contributed by atoms with E-state index < -0.39 is 15.6 Å². The van der Waals surface area contributed by atoms with E-state index in [1.165, 1.54) is 5.56 Å². The molecule has 1 rings (SSSR count). The lowest BCUT2D eigenvalue weighted by Crippen LogP contribution is -2.41. The van der Waals surface area contributed by atoms with Crippen molar-refractivity contribution in [2.75, 3.05) is 27.2 Å². The highest BCUT2D eigenvalue weighted by Crippen LogP contribution is 2.20. The number of hydrogen-bond donors (Lipinski definition) is 1. The van der Waals surface area contributed by atoms with Crippen molar-refractivity contribution in [1.82, 2.24) is 5.32 Å². The number of carbonyl (C=O) groups excluding carboxylic acids is 1. The molecule has 0 aromatic heterocycles. The Morgan fingerprint density at radius 3 is 2.11 bits per heavy atom. The lowest BCUT2D eigenvalue weighted by Gasteiger charge is -2.30. The maximum atomic E-state index is 11.3. The molecule has 154 valence electrons. The van der Waals surface area contributed by atoms with Crippen LogP contribution in [0.15, 0.2) is 42.5 Å². The number of benzene rings is 1. The van der Waals surface area contributed by atoms with Crippen LogP contribution in [-0.2, 0) is 21.5 Å². The second-order valence-electron chi connectivity index (χ2n) is 6.59. The summed E-state index contributed by atoms with van der Waals surface area (Å²) in [5.74, 6) is -0.0478. The number of nitrogens with zero attached hydrogens (tertiary/aromatic N) is 1. The zero-order chi connectivity index (χ0) is 21.3. The summed E-state index contributed by atoms with van der Waals surface area (Å²) in [6.45, 7) is 8.10. The Morgan fingerprint density at radius 1 is 1.22 bits per heavy atom. The summed E-state index contributed by atoms with van der Waals surface area (Å²) < 4.78 is 59.8. The molecule has 0 radical (unpaired) electrons. The Hall–Kier alpha value is -1.91. The fraction of sp³-hybridized carbons (Fsp3) is 0.471. The Bertz CT molecular complexity index is 717. The molecule has 1 aromatic carbocycles. The number of amides is 1. The normalized spacial score (nSPS) is 12.0. The van der Waals surface area contributed by atoms with Crippen molar-refractivity contribution in [2.45, 2.75) is 25.4 Å². The second-order valence-corrected chi connectivity index (χ2v) is 7.96. The Morgan fingerprint density at radius 2 is 1.70 bits per heavy atom. The zero-order valence-electron chi connectivity index (χ0n) is 15.5. The minimum atomic E-state index is -6.09. The first-order valence-electron chi connectivity index (χ1n) is 7.97. The molecular weight excluding hydrogens is 385 g/mol. The van der Waals surface area contributed by atoms with Crippen molar-refractivity contribution in [2.24, 2.45) is 0 Å². The average molecular weight is 410 g/mol. The van der Waals surface area contributed by atoms with Gasteiger partial charge < -0.3 is 14.4 Å². The molecule has 0 spiro atoms. The predicted octanol–water partition coefficient (Wildman–Crippen LogP) is 2.40. The highest BCUT2D eigenvalue weighted by atomic mass is 32.2. The third-order valence-corrected chi connectivity index (χ3v) is 3.92. The van der Waals surface area contributed by atoms with Gasteiger partial charge in [-0.1, -0.05) is 36.9 Å². The van der Waals surface area contributed by atoms with E-state index in [4.69, 9.17) is 13.0 Å². The van der Waals surface area contributed by atoms with Crippen molar-refractivity contribution in [3.8, 4) is 0 Å². The summed E-state index contributed by atoms with van der Waals surface area (Å²) in [4.78, 5) is 11.3. The van der Waals surface area contributed by atoms with Gasteiger partial charge in [-0.3, -0.25) is 4.79 Å². The highest BCUT2D eigenvalue weighted by molar-refractivity contribution is 7.86. The number of carbonyl (C=O) groups is 1. The van der Waals surface area contributed by atoms with Gasteiger partial charge in [-0.2, -0.15) is 13.2 Å². The molecule has 1 N–H and O–H groups in total. The molecule has 1 amide bonds. The van der Waals surface area contributed by atoms with E-state index in [1.807, 2.05) is 6.07 Å². The molecule has 0 fully saturated rings. The van der Waals surface area contributed by atoms with Gasteiger partial charge in [0.25, 0.3) is 0 Å². The van der Waals surface area contributed by atoms with Crippen LogP contribution >= 0.6 is 0 Å². The maximum Gasteiger partial charge on any atom is 0.485 e. The minimum Gasteiger partial charge on any atom is -0.741 e. The van der Waals surface area contributed by atoms with Gasteiger partial charge in [-0.25, -0.2) is 8.42 Å². The van der Waals surface area contributed by atoms with E-state index in [-0.39, 0.29) is 5.91 Å². The fourth-order valence-electron chi connectivity index (χ4n) is 2.02. The van der Waals surface area contributed by atoms with Crippen LogP contribution in [0.25, 0.3) is 0 Å². The molecular formula is C17H25F3N2O4S. The van der Waals surface area contributed by atoms with E-state index in [0.717, 1.165) is 24.0 Å². The first kappa shape index (κ1) is 25.1. The molecule has 1 aromatic rings. The summed E-state index contributed by atoms with van der Waals surface area (Å²) in [5.41, 5.74) is -3.73. The quantitative estimate of drug-likeness (QED) is 0.246. The third-order valence-electron chi connectivity index (χ3n) is 3.35. The predicted molar refractivity (Wildman–Crippen MR) is 95.3 cm³/mol. The summed E-state index contributed by atoms with van der Waals surface area (Å²) in [7, 11) is -1.66. The number of alkyl halides is 3. The van der Waals surface area contributed by atoms with E-state index >= 15 is 0 Å². The first-order valence-corrected chi connectivity index (χ1v) is 9.38. The second kappa shape index (κ2) is 10.4. The number of halogens is 3. The first-order chi connectivity index (χ1) is 12.2. The van der Waals surface area contributed by atoms with E-state index in [0.29, 0.717) is 12.1 Å². The van der Waals surface area contributed by atoms with Crippen molar-refractivity contribution >= 4 is 16.0 Å². The van der Waals surface area contributed by atoms with Gasteiger partial charge in [0.05, 0.1) is 20.6 Å². The summed E-state index contributed by atoms with van der Waals surface area (Å²) >= 11 is 0. The zero-order valence-corrected chi connectivity index (χ0v) is 16.4. The summed E-state index contributed by atoms with van der Waals surface area (Å²) in [6, 6.07) is 10.5. The summed E-state index contributed by atoms with van der Waals surface area (Å²) in [5, 5.41) is 2.87. The number of quaternary nitrogens is 1. The summed E-state index contributed by atoms with van der Waals surface area (Å²) in [6.07, 6.45) is 0.971. The molecule has 0 aliphatic carbocycles. The molecule has 0 aliphatic heterocycles. The molecule has 0 bridgehead atoms. The standard InChI is InChI=1S/C16H24N2O.CHF3O3S/c1-14(2)16(19)17-11-8-12-18(3,4)13-15-9-6-5-7-10-15;2-1(3,4)8(5,6)7/h5-7,9-10H,1,8,11-13H2,2-4H3;(H,5,6,7). The largest absolute Gasteiger partial charge is 0.741 e. The van der Waals surface area contributed by atoms with Gasteiger partial charge in [0.1, 0.15) is 6.54 Å². The SMILES string of the molecule is C=C(C)C(=O)NCCC[N+](C)(C)Cc1ccccc1.O=S(=O)([O-])C(F)(F)F. The molecule has 6 nitrogen and oxygen atoms in total. The van der Waals surface area contributed by atoms with Crippen LogP contribution in [0, 0.1) is 0 Å². The molecule has 27 heavy (non-hydrogen) atoms. The van der Waals surface area contributed by atoms with Crippen LogP contribution in [0.2, 0.25) is 0 Å². The van der Waals surface area contributed by atoms with Crippen LogP contribution in [0.1, 0.15) is 18.9 Å². The lowest BCUT2D eigenvalue weighted by molar-refractivity contribution is -0.903. The molecule has 0 saturated carbocycles. The number of hydrogen-bond acceptors (Lipinski definition) is 4. The Labute approximate surface area is 158 Å². The van der Waals surface area contributed by atoms with Gasteiger partial charge >= 0.3 is 5.51 Å². The molecule has 0 aliphatic rings. The van der Waals surface area contributed by atoms with Crippen molar-refractivity contribution in [1.29, 1.82) is 0 Å². The average Bonchev–Trinajstić information content (AvgIpc) is 2.50. The van der Waals surface area contributed by atoms with Crippen LogP contribution in [0.3, 0.4) is 0 Å². The van der Waals surface area contributed by atoms with E-state index in [2.05, 4.69) is 50.3 Å². The molecule has 10 heteroatoms. The smallest absolute Gasteiger partial charge is 0.485 e. The number of rotatable bonds is 7. The fourth-order valence-corrected chi connectivity index (χ4v) is 2.02. The topological polar surface area (TPSA) is 86.3 Å². The van der Waals surface area contributed by atoms with Gasteiger partial charge in [-0.15, -0.1) is 0 Å². The van der Waals surface area contributed by atoms with Gasteiger partial charge in [0, 0.05) is 24.1 Å². The lowest BCUT2D eigenvalue weighted by atomic mass is 10.2. The molecule has 0 heterocycles. The van der Waals surface area contributed by atoms with Crippen LogP contribution in [0.4, 0.5) is 13.2 Å². The minimum absolute atomic E-state index is 0.0478. The monoisotopic (exact) mass is 410 g/mol. The Kier molecular flexibility index (Phi) is 9.69. The molecule has 0 atom stereocenters. The van der Waals surface area contributed by atoms with Crippen LogP contribution < -0.4 is 5.32 Å². The Balaban J connectivity index is 0.000000713. The maximum absolute atomic E-state index is 11.3. The van der Waals surface area contributed by atoms with E-state index in [1.54, 1.807) is 6.92 Å². The van der Waals surface area contributed by atoms with Crippen molar-refractivity contribution in [3.05, 3.63) is 48.0 Å². The van der Waals surface area contributed by atoms with Crippen LogP contribution in [-0.4, -0.2) is 56.1 Å². The van der Waals surface area contributed by atoms with Gasteiger partial charge in [0.15, 0.2) is 10.1 Å². The van der Waals surface area contributed by atoms with Gasteiger partial charge in [-0.05, 0) is 6.92 Å². The number of nitrogens with one attached hydrogen (secondary N) is 1. The highest BCUT2D eigenvalue weighted by Gasteiger charge is 2.36. The van der Waals surface area contributed by atoms with Gasteiger partial charge in [0.2, 0.25) is 5.91 Å². The van der Waals surface area contributed by atoms with Crippen molar-refractivity contribution < 1.29 is 35.4 Å². The van der Waals surface area contributed by atoms with Crippen molar-refractivity contribution in [3.63, 3.8) is 0 Å². The molecule has 0 unspecified atom stereocenters. The van der Waals surface area contributed by atoms with E-state index in [9.17, 15) is 18.0 Å². The van der Waals surface area contributed by atoms with Crippen LogP contribution in [0.5, 0.6) is 0 Å².